The van der Waals surface area contributed by atoms with E-state index in [1.165, 1.54) is 11.1 Å². The van der Waals surface area contributed by atoms with Gasteiger partial charge in [-0.3, -0.25) is 4.79 Å². The summed E-state index contributed by atoms with van der Waals surface area (Å²) in [6.07, 6.45) is 3.78. The van der Waals surface area contributed by atoms with Crippen molar-refractivity contribution in [2.75, 3.05) is 0 Å². The Hall–Kier alpha value is -1.31. The van der Waals surface area contributed by atoms with Gasteiger partial charge in [0.25, 0.3) is 0 Å². The fourth-order valence-electron chi connectivity index (χ4n) is 2.48. The van der Waals surface area contributed by atoms with Gasteiger partial charge in [-0.05, 0) is 30.9 Å². The zero-order chi connectivity index (χ0) is 12.3. The minimum Gasteiger partial charge on any atom is -0.335 e. The van der Waals surface area contributed by atoms with Crippen molar-refractivity contribution >= 4 is 5.91 Å². The Kier molecular flexibility index (Phi) is 3.82. The Bertz CT molecular complexity index is 400. The van der Waals surface area contributed by atoms with Gasteiger partial charge in [-0.1, -0.05) is 37.6 Å². The number of hydrogen-bond donors (Lipinski definition) is 0. The summed E-state index contributed by atoms with van der Waals surface area (Å²) in [5.41, 5.74) is 2.72. The third-order valence-corrected chi connectivity index (χ3v) is 3.57. The van der Waals surface area contributed by atoms with Crippen LogP contribution in [0.15, 0.2) is 24.3 Å². The van der Waals surface area contributed by atoms with Gasteiger partial charge >= 0.3 is 0 Å². The van der Waals surface area contributed by atoms with Gasteiger partial charge in [-0.2, -0.15) is 0 Å². The Labute approximate surface area is 104 Å². The molecule has 0 bridgehead atoms. The van der Waals surface area contributed by atoms with Crippen LogP contribution in [0.3, 0.4) is 0 Å². The molecule has 0 spiro atoms. The highest BCUT2D eigenvalue weighted by Gasteiger charge is 2.25. The first-order chi connectivity index (χ1) is 8.22. The second kappa shape index (κ2) is 5.35. The normalized spacial score (nSPS) is 18.9. The molecule has 0 radical (unpaired) electrons. The molecule has 1 atom stereocenters. The van der Waals surface area contributed by atoms with Crippen molar-refractivity contribution in [3.63, 3.8) is 0 Å². The van der Waals surface area contributed by atoms with Gasteiger partial charge in [0.05, 0.1) is 0 Å². The summed E-state index contributed by atoms with van der Waals surface area (Å²) in [7, 11) is 0. The molecule has 0 saturated carbocycles. The Morgan fingerprint density at radius 3 is 2.76 bits per heavy atom. The predicted molar refractivity (Wildman–Crippen MR) is 69.7 cm³/mol. The molecule has 0 aromatic heterocycles. The molecular weight excluding hydrogens is 210 g/mol. The number of unbranched alkanes of at least 4 members (excludes halogenated alkanes) is 1. The summed E-state index contributed by atoms with van der Waals surface area (Å²) in [5, 5.41) is 0. The van der Waals surface area contributed by atoms with E-state index in [9.17, 15) is 4.79 Å². The molecule has 0 fully saturated rings. The van der Waals surface area contributed by atoms with Gasteiger partial charge in [0, 0.05) is 19.0 Å². The average molecular weight is 231 g/mol. The molecule has 1 aliphatic rings. The molecule has 0 saturated heterocycles. The van der Waals surface area contributed by atoms with Crippen LogP contribution in [0, 0.1) is 0 Å². The standard InChI is InChI=1S/C15H21NO/c1-3-4-9-15(17)16-11-14-8-6-5-7-13(14)10-12(16)2/h5-8,12H,3-4,9-11H2,1-2H3. The molecule has 1 amide bonds. The number of nitrogens with zero attached hydrogens (tertiary/aromatic N) is 1. The van der Waals surface area contributed by atoms with Crippen molar-refractivity contribution in [1.82, 2.24) is 4.90 Å². The van der Waals surface area contributed by atoms with Crippen molar-refractivity contribution < 1.29 is 4.79 Å². The van der Waals surface area contributed by atoms with Gasteiger partial charge < -0.3 is 4.90 Å². The number of benzene rings is 1. The first-order valence-corrected chi connectivity index (χ1v) is 6.58. The van der Waals surface area contributed by atoms with Gasteiger partial charge in [-0.25, -0.2) is 0 Å². The molecule has 1 unspecified atom stereocenters. The first-order valence-electron chi connectivity index (χ1n) is 6.58. The maximum atomic E-state index is 12.1. The van der Waals surface area contributed by atoms with Crippen LogP contribution in [0.2, 0.25) is 0 Å². The van der Waals surface area contributed by atoms with Crippen LogP contribution < -0.4 is 0 Å². The minimum atomic E-state index is 0.314. The van der Waals surface area contributed by atoms with Crippen LogP contribution in [-0.4, -0.2) is 16.8 Å². The average Bonchev–Trinajstić information content (AvgIpc) is 2.35. The maximum Gasteiger partial charge on any atom is 0.223 e. The van der Waals surface area contributed by atoms with E-state index in [1.807, 2.05) is 4.90 Å². The van der Waals surface area contributed by atoms with Crippen molar-refractivity contribution in [3.8, 4) is 0 Å². The highest BCUT2D eigenvalue weighted by molar-refractivity contribution is 5.76. The number of fused-ring (bicyclic) bond motifs is 1. The van der Waals surface area contributed by atoms with Crippen LogP contribution in [0.5, 0.6) is 0 Å². The smallest absolute Gasteiger partial charge is 0.223 e. The molecule has 2 heteroatoms. The number of amides is 1. The lowest BCUT2D eigenvalue weighted by Gasteiger charge is -2.35. The van der Waals surface area contributed by atoms with E-state index in [2.05, 4.69) is 38.1 Å². The van der Waals surface area contributed by atoms with Crippen LogP contribution in [0.1, 0.15) is 44.2 Å². The predicted octanol–water partition coefficient (Wildman–Crippen LogP) is 3.15. The van der Waals surface area contributed by atoms with Crippen LogP contribution in [-0.2, 0) is 17.8 Å². The lowest BCUT2D eigenvalue weighted by atomic mass is 9.94. The second-order valence-corrected chi connectivity index (χ2v) is 4.95. The minimum absolute atomic E-state index is 0.314. The molecule has 2 rings (SSSR count). The summed E-state index contributed by atoms with van der Waals surface area (Å²) in [6.45, 7) is 5.07. The monoisotopic (exact) mass is 231 g/mol. The van der Waals surface area contributed by atoms with E-state index in [4.69, 9.17) is 0 Å². The molecular formula is C15H21NO. The molecule has 17 heavy (non-hydrogen) atoms. The van der Waals surface area contributed by atoms with Crippen LogP contribution in [0.4, 0.5) is 0 Å². The summed E-state index contributed by atoms with van der Waals surface area (Å²) in [5.74, 6) is 0.314. The van der Waals surface area contributed by atoms with Gasteiger partial charge in [-0.15, -0.1) is 0 Å². The second-order valence-electron chi connectivity index (χ2n) is 4.95. The molecule has 92 valence electrons. The number of rotatable bonds is 3. The van der Waals surface area contributed by atoms with Gasteiger partial charge in [0.1, 0.15) is 0 Å². The van der Waals surface area contributed by atoms with Crippen LogP contribution in [0.25, 0.3) is 0 Å². The fourth-order valence-corrected chi connectivity index (χ4v) is 2.48. The maximum absolute atomic E-state index is 12.1. The van der Waals surface area contributed by atoms with E-state index in [0.29, 0.717) is 18.4 Å². The largest absolute Gasteiger partial charge is 0.335 e. The Balaban J connectivity index is 2.09. The molecule has 0 N–H and O–H groups in total. The zero-order valence-electron chi connectivity index (χ0n) is 10.8. The highest BCUT2D eigenvalue weighted by Crippen LogP contribution is 2.23. The molecule has 1 heterocycles. The molecule has 1 aromatic rings. The summed E-state index contributed by atoms with van der Waals surface area (Å²) < 4.78 is 0. The van der Waals surface area contributed by atoms with Crippen molar-refractivity contribution in [2.24, 2.45) is 0 Å². The lowest BCUT2D eigenvalue weighted by Crippen LogP contribution is -2.42. The molecule has 1 aromatic carbocycles. The highest BCUT2D eigenvalue weighted by atomic mass is 16.2. The summed E-state index contributed by atoms with van der Waals surface area (Å²) >= 11 is 0. The lowest BCUT2D eigenvalue weighted by molar-refractivity contribution is -0.134. The summed E-state index contributed by atoms with van der Waals surface area (Å²) in [6, 6.07) is 8.80. The SMILES string of the molecule is CCCCC(=O)N1Cc2ccccc2CC1C. The topological polar surface area (TPSA) is 20.3 Å². The summed E-state index contributed by atoms with van der Waals surface area (Å²) in [4.78, 5) is 14.1. The van der Waals surface area contributed by atoms with E-state index >= 15 is 0 Å². The van der Waals surface area contributed by atoms with Crippen molar-refractivity contribution in [3.05, 3.63) is 35.4 Å². The molecule has 0 aliphatic carbocycles. The van der Waals surface area contributed by atoms with Crippen LogP contribution >= 0.6 is 0 Å². The van der Waals surface area contributed by atoms with Crippen molar-refractivity contribution in [1.29, 1.82) is 0 Å². The third-order valence-electron chi connectivity index (χ3n) is 3.57. The first kappa shape index (κ1) is 12.2. The third kappa shape index (κ3) is 2.68. The number of carbonyl (C=O) groups excluding carboxylic acids is 1. The molecule has 1 aliphatic heterocycles. The van der Waals surface area contributed by atoms with E-state index in [-0.39, 0.29) is 0 Å². The quantitative estimate of drug-likeness (QED) is 0.782. The Morgan fingerprint density at radius 1 is 1.35 bits per heavy atom. The fraction of sp³-hybridized carbons (Fsp3) is 0.533. The number of hydrogen-bond acceptors (Lipinski definition) is 1. The molecule has 2 nitrogen and oxygen atoms in total. The van der Waals surface area contributed by atoms with Gasteiger partial charge in [0.15, 0.2) is 0 Å². The Morgan fingerprint density at radius 2 is 2.06 bits per heavy atom. The van der Waals surface area contributed by atoms with Gasteiger partial charge in [0.2, 0.25) is 5.91 Å². The van der Waals surface area contributed by atoms with E-state index < -0.39 is 0 Å². The van der Waals surface area contributed by atoms with Crippen molar-refractivity contribution in [2.45, 2.75) is 52.1 Å². The van der Waals surface area contributed by atoms with E-state index in [1.54, 1.807) is 0 Å². The zero-order valence-corrected chi connectivity index (χ0v) is 10.8. The number of carbonyl (C=O) groups is 1. The van der Waals surface area contributed by atoms with E-state index in [0.717, 1.165) is 25.8 Å².